The van der Waals surface area contributed by atoms with E-state index in [0.29, 0.717) is 11.4 Å². The van der Waals surface area contributed by atoms with Crippen LogP contribution in [0.4, 0.5) is 10.1 Å². The number of halogens is 1. The van der Waals surface area contributed by atoms with Crippen LogP contribution in [0.1, 0.15) is 11.4 Å². The highest BCUT2D eigenvalue weighted by molar-refractivity contribution is 7.89. The van der Waals surface area contributed by atoms with E-state index >= 15 is 0 Å². The topological polar surface area (TPSA) is 81.2 Å². The highest BCUT2D eigenvalue weighted by Gasteiger charge is 2.25. The van der Waals surface area contributed by atoms with Gasteiger partial charge in [0, 0.05) is 26.5 Å². The number of nitrogen functional groups attached to an aromatic ring is 1. The fourth-order valence-electron chi connectivity index (χ4n) is 1.95. The zero-order chi connectivity index (χ0) is 15.8. The van der Waals surface area contributed by atoms with Crippen molar-refractivity contribution in [3.63, 3.8) is 0 Å². The molecule has 2 rings (SSSR count). The summed E-state index contributed by atoms with van der Waals surface area (Å²) < 4.78 is 41.4. The molecule has 0 aliphatic rings. The van der Waals surface area contributed by atoms with Gasteiger partial charge in [0.25, 0.3) is 0 Å². The molecule has 114 valence electrons. The molecule has 0 aliphatic heterocycles. The molecule has 0 saturated carbocycles. The number of nitrogens with two attached hydrogens (primary N) is 1. The Balaban J connectivity index is 2.38. The number of rotatable bonds is 4. The monoisotopic (exact) mass is 312 g/mol. The molecule has 8 heteroatoms. The van der Waals surface area contributed by atoms with E-state index in [9.17, 15) is 12.8 Å². The van der Waals surface area contributed by atoms with Crippen molar-refractivity contribution in [1.82, 2.24) is 13.9 Å². The van der Waals surface area contributed by atoms with E-state index in [4.69, 9.17) is 5.73 Å². The molecule has 0 saturated heterocycles. The summed E-state index contributed by atoms with van der Waals surface area (Å²) in [5.41, 5.74) is 5.60. The quantitative estimate of drug-likeness (QED) is 0.862. The van der Waals surface area contributed by atoms with E-state index in [-0.39, 0.29) is 17.1 Å². The second-order valence-corrected chi connectivity index (χ2v) is 6.87. The Morgan fingerprint density at radius 1 is 1.43 bits per heavy atom. The number of aryl methyl sites for hydroxylation is 2. The Bertz CT molecular complexity index is 770. The number of nitrogens with zero attached hydrogens (tertiary/aromatic N) is 3. The summed E-state index contributed by atoms with van der Waals surface area (Å²) in [4.78, 5) is 4.09. The molecule has 6 nitrogen and oxygen atoms in total. The molecule has 0 unspecified atom stereocenters. The van der Waals surface area contributed by atoms with Gasteiger partial charge in [-0.2, -0.15) is 4.31 Å². The number of hydrogen-bond acceptors (Lipinski definition) is 4. The summed E-state index contributed by atoms with van der Waals surface area (Å²) in [6.45, 7) is 1.65. The molecule has 1 aromatic heterocycles. The van der Waals surface area contributed by atoms with Crippen molar-refractivity contribution in [3.8, 4) is 0 Å². The Kier molecular flexibility index (Phi) is 4.02. The minimum Gasteiger partial charge on any atom is -0.396 e. The summed E-state index contributed by atoms with van der Waals surface area (Å²) in [5, 5.41) is 0. The lowest BCUT2D eigenvalue weighted by molar-refractivity contribution is 0.450. The second-order valence-electron chi connectivity index (χ2n) is 4.85. The van der Waals surface area contributed by atoms with Gasteiger partial charge in [-0.1, -0.05) is 0 Å². The first-order valence-corrected chi connectivity index (χ1v) is 7.65. The molecule has 2 N–H and O–H groups in total. The maximum absolute atomic E-state index is 13.4. The Morgan fingerprint density at radius 3 is 2.67 bits per heavy atom. The molecule has 0 spiro atoms. The largest absolute Gasteiger partial charge is 0.396 e. The summed E-state index contributed by atoms with van der Waals surface area (Å²) in [5.74, 6) is -0.0213. The molecule has 0 fully saturated rings. The Labute approximate surface area is 123 Å². The first-order valence-electron chi connectivity index (χ1n) is 6.21. The van der Waals surface area contributed by atoms with Crippen LogP contribution >= 0.6 is 0 Å². The normalized spacial score (nSPS) is 12.0. The van der Waals surface area contributed by atoms with Crippen LogP contribution in [0.25, 0.3) is 0 Å². The van der Waals surface area contributed by atoms with Crippen LogP contribution in [0.5, 0.6) is 0 Å². The van der Waals surface area contributed by atoms with Gasteiger partial charge in [-0.25, -0.2) is 17.8 Å². The highest BCUT2D eigenvalue weighted by atomic mass is 32.2. The van der Waals surface area contributed by atoms with Crippen LogP contribution in [0.15, 0.2) is 29.4 Å². The summed E-state index contributed by atoms with van der Waals surface area (Å²) >= 11 is 0. The molecule has 0 atom stereocenters. The zero-order valence-electron chi connectivity index (χ0n) is 12.0. The minimum atomic E-state index is -3.77. The van der Waals surface area contributed by atoms with E-state index in [1.165, 1.54) is 14.0 Å². The van der Waals surface area contributed by atoms with Gasteiger partial charge in [-0.3, -0.25) is 0 Å². The minimum absolute atomic E-state index is 0.00175. The summed E-state index contributed by atoms with van der Waals surface area (Å²) in [6, 6.07) is 2.27. The zero-order valence-corrected chi connectivity index (χ0v) is 12.9. The number of anilines is 1. The maximum atomic E-state index is 13.4. The van der Waals surface area contributed by atoms with Crippen LogP contribution in [-0.2, 0) is 23.6 Å². The van der Waals surface area contributed by atoms with Gasteiger partial charge in [-0.05, 0) is 24.6 Å². The van der Waals surface area contributed by atoms with Gasteiger partial charge in [0.15, 0.2) is 0 Å². The van der Waals surface area contributed by atoms with Crippen LogP contribution in [0.2, 0.25) is 0 Å². The Hall–Kier alpha value is -1.93. The van der Waals surface area contributed by atoms with E-state index in [0.717, 1.165) is 16.4 Å². The second kappa shape index (κ2) is 5.45. The highest BCUT2D eigenvalue weighted by Crippen LogP contribution is 2.24. The van der Waals surface area contributed by atoms with Crippen molar-refractivity contribution >= 4 is 15.7 Å². The van der Waals surface area contributed by atoms with Crippen molar-refractivity contribution in [1.29, 1.82) is 0 Å². The average Bonchev–Trinajstić information content (AvgIpc) is 2.79. The van der Waals surface area contributed by atoms with Gasteiger partial charge < -0.3 is 10.3 Å². The van der Waals surface area contributed by atoms with E-state index in [1.807, 2.05) is 0 Å². The molecule has 0 radical (unpaired) electrons. The lowest BCUT2D eigenvalue weighted by Gasteiger charge is -2.18. The van der Waals surface area contributed by atoms with Crippen LogP contribution in [0, 0.1) is 12.7 Å². The molecular formula is C13H17FN4O2S. The number of sulfonamides is 1. The molecule has 0 aliphatic carbocycles. The van der Waals surface area contributed by atoms with Crippen molar-refractivity contribution < 1.29 is 12.8 Å². The maximum Gasteiger partial charge on any atom is 0.243 e. The molecule has 2 aromatic rings. The lowest BCUT2D eigenvalue weighted by Crippen LogP contribution is -2.28. The third-order valence-corrected chi connectivity index (χ3v) is 5.21. The summed E-state index contributed by atoms with van der Waals surface area (Å²) in [6.07, 6.45) is 3.33. The molecule has 1 aromatic carbocycles. The van der Waals surface area contributed by atoms with Gasteiger partial charge in [0.2, 0.25) is 10.0 Å². The van der Waals surface area contributed by atoms with Crippen molar-refractivity contribution in [2.24, 2.45) is 7.05 Å². The van der Waals surface area contributed by atoms with Crippen molar-refractivity contribution in [3.05, 3.63) is 41.7 Å². The van der Waals surface area contributed by atoms with Crippen LogP contribution in [0.3, 0.4) is 0 Å². The van der Waals surface area contributed by atoms with Crippen molar-refractivity contribution in [2.75, 3.05) is 12.8 Å². The molecule has 1 heterocycles. The summed E-state index contributed by atoms with van der Waals surface area (Å²) in [7, 11) is -0.539. The molecule has 0 bridgehead atoms. The number of benzene rings is 1. The molecule has 21 heavy (non-hydrogen) atoms. The van der Waals surface area contributed by atoms with Crippen LogP contribution < -0.4 is 5.73 Å². The molecular weight excluding hydrogens is 295 g/mol. The van der Waals surface area contributed by atoms with Gasteiger partial charge >= 0.3 is 0 Å². The predicted molar refractivity (Wildman–Crippen MR) is 77.4 cm³/mol. The van der Waals surface area contributed by atoms with E-state index in [2.05, 4.69) is 4.98 Å². The average molecular weight is 312 g/mol. The SMILES string of the molecule is Cc1cc(F)c(N)cc1S(=O)(=O)N(C)Cc1nccn1C. The molecule has 0 amide bonds. The third-order valence-electron chi connectivity index (χ3n) is 3.27. The lowest BCUT2D eigenvalue weighted by atomic mass is 10.2. The van der Waals surface area contributed by atoms with Crippen molar-refractivity contribution in [2.45, 2.75) is 18.4 Å². The standard InChI is InChI=1S/C13H17FN4O2S/c1-9-6-10(14)11(15)7-12(9)21(19,20)18(3)8-13-16-4-5-17(13)2/h4-7H,8,15H2,1-3H3. The first-order chi connectivity index (χ1) is 9.73. The third kappa shape index (κ3) is 2.91. The number of aromatic nitrogens is 2. The van der Waals surface area contributed by atoms with Gasteiger partial charge in [0.1, 0.15) is 11.6 Å². The number of hydrogen-bond donors (Lipinski definition) is 1. The van der Waals surface area contributed by atoms with Gasteiger partial charge in [0.05, 0.1) is 17.1 Å². The fourth-order valence-corrected chi connectivity index (χ4v) is 3.31. The first kappa shape index (κ1) is 15.5. The smallest absolute Gasteiger partial charge is 0.243 e. The fraction of sp³-hybridized carbons (Fsp3) is 0.308. The predicted octanol–water partition coefficient (Wildman–Crippen LogP) is 1.27. The van der Waals surface area contributed by atoms with Gasteiger partial charge in [-0.15, -0.1) is 0 Å². The van der Waals surface area contributed by atoms with E-state index in [1.54, 1.807) is 24.0 Å². The van der Waals surface area contributed by atoms with Crippen LogP contribution in [-0.4, -0.2) is 29.3 Å². The Morgan fingerprint density at radius 2 is 2.10 bits per heavy atom. The number of imidazole rings is 1. The van der Waals surface area contributed by atoms with E-state index < -0.39 is 15.8 Å².